The van der Waals surface area contributed by atoms with E-state index in [0.717, 1.165) is 5.56 Å². The highest BCUT2D eigenvalue weighted by Crippen LogP contribution is 2.27. The molecule has 0 bridgehead atoms. The van der Waals surface area contributed by atoms with Gasteiger partial charge in [0.25, 0.3) is 5.56 Å². The number of ether oxygens (including phenoxy) is 2. The van der Waals surface area contributed by atoms with E-state index in [1.165, 1.54) is 0 Å². The van der Waals surface area contributed by atoms with E-state index in [0.29, 0.717) is 35.3 Å². The van der Waals surface area contributed by atoms with Crippen LogP contribution in [0.2, 0.25) is 0 Å². The van der Waals surface area contributed by atoms with Gasteiger partial charge in [-0.2, -0.15) is 5.10 Å². The van der Waals surface area contributed by atoms with Gasteiger partial charge in [-0.25, -0.2) is 10.4 Å². The van der Waals surface area contributed by atoms with Crippen molar-refractivity contribution in [2.24, 2.45) is 5.10 Å². The van der Waals surface area contributed by atoms with E-state index in [1.54, 1.807) is 27.2 Å². The van der Waals surface area contributed by atoms with E-state index in [-0.39, 0.29) is 5.56 Å². The number of benzene rings is 1. The molecule has 0 saturated carbocycles. The molecule has 0 unspecified atom stereocenters. The molecule has 2 rings (SSSR count). The summed E-state index contributed by atoms with van der Waals surface area (Å²) in [7, 11) is 1.58. The van der Waals surface area contributed by atoms with Crippen LogP contribution in [0, 0.1) is 13.8 Å². The van der Waals surface area contributed by atoms with Gasteiger partial charge in [-0.05, 0) is 44.5 Å². The molecular weight excluding hydrogens is 296 g/mol. The second kappa shape index (κ2) is 7.44. The second-order valence-corrected chi connectivity index (χ2v) is 4.84. The van der Waals surface area contributed by atoms with Gasteiger partial charge in [-0.3, -0.25) is 9.78 Å². The lowest BCUT2D eigenvalue weighted by atomic mass is 10.2. The second-order valence-electron chi connectivity index (χ2n) is 4.84. The lowest BCUT2D eigenvalue weighted by Gasteiger charge is -2.09. The molecule has 1 aromatic carbocycles. The Hall–Kier alpha value is -2.83. The first-order valence-electron chi connectivity index (χ1n) is 7.22. The number of H-pyrrole nitrogens is 1. The molecule has 1 heterocycles. The van der Waals surface area contributed by atoms with Crippen LogP contribution in [0.15, 0.2) is 28.1 Å². The zero-order valence-electron chi connectivity index (χ0n) is 13.6. The summed E-state index contributed by atoms with van der Waals surface area (Å²) >= 11 is 0. The summed E-state index contributed by atoms with van der Waals surface area (Å²) in [4.78, 5) is 18.5. The molecule has 0 aliphatic rings. The van der Waals surface area contributed by atoms with Crippen molar-refractivity contribution >= 4 is 12.2 Å². The van der Waals surface area contributed by atoms with Crippen molar-refractivity contribution < 1.29 is 9.47 Å². The fourth-order valence-electron chi connectivity index (χ4n) is 1.91. The van der Waals surface area contributed by atoms with Crippen LogP contribution in [0.3, 0.4) is 0 Å². The molecule has 2 N–H and O–H groups in total. The Morgan fingerprint density at radius 3 is 2.78 bits per heavy atom. The van der Waals surface area contributed by atoms with Crippen LogP contribution < -0.4 is 20.5 Å². The average molecular weight is 316 g/mol. The Kier molecular flexibility index (Phi) is 5.35. The van der Waals surface area contributed by atoms with Crippen LogP contribution in [-0.2, 0) is 0 Å². The Balaban J connectivity index is 2.13. The number of hydrazone groups is 1. The monoisotopic (exact) mass is 316 g/mol. The van der Waals surface area contributed by atoms with Crippen molar-refractivity contribution in [2.45, 2.75) is 20.8 Å². The smallest absolute Gasteiger partial charge is 0.255 e. The number of aromatic nitrogens is 2. The third kappa shape index (κ3) is 4.09. The molecule has 0 spiro atoms. The first-order valence-corrected chi connectivity index (χ1v) is 7.22. The molecule has 23 heavy (non-hydrogen) atoms. The molecule has 7 heteroatoms. The van der Waals surface area contributed by atoms with Crippen LogP contribution in [0.4, 0.5) is 5.95 Å². The maximum atomic E-state index is 11.7. The van der Waals surface area contributed by atoms with Crippen molar-refractivity contribution in [3.05, 3.63) is 45.4 Å². The number of rotatable bonds is 6. The minimum Gasteiger partial charge on any atom is -0.493 e. The van der Waals surface area contributed by atoms with Crippen molar-refractivity contribution in [1.82, 2.24) is 9.97 Å². The highest BCUT2D eigenvalue weighted by molar-refractivity contribution is 5.81. The van der Waals surface area contributed by atoms with Gasteiger partial charge in [-0.1, -0.05) is 0 Å². The van der Waals surface area contributed by atoms with E-state index < -0.39 is 0 Å². The number of nitrogens with one attached hydrogen (secondary N) is 2. The molecule has 2 aromatic rings. The summed E-state index contributed by atoms with van der Waals surface area (Å²) in [5.41, 5.74) is 4.61. The first-order chi connectivity index (χ1) is 11.0. The standard InChI is InChI=1S/C16H20N4O3/c1-5-23-13-7-6-12(8-14(13)22-4)9-17-20-16-18-11(3)10(2)15(21)19-16/h6-9H,5H2,1-4H3,(H2,18,19,20,21)/b17-9-. The molecule has 0 amide bonds. The van der Waals surface area contributed by atoms with E-state index in [1.807, 2.05) is 25.1 Å². The number of aryl methyl sites for hydroxylation is 1. The van der Waals surface area contributed by atoms with E-state index in [9.17, 15) is 4.79 Å². The quantitative estimate of drug-likeness (QED) is 0.630. The van der Waals surface area contributed by atoms with Gasteiger partial charge >= 0.3 is 0 Å². The van der Waals surface area contributed by atoms with Crippen molar-refractivity contribution in [2.75, 3.05) is 19.1 Å². The predicted molar refractivity (Wildman–Crippen MR) is 89.7 cm³/mol. The predicted octanol–water partition coefficient (Wildman–Crippen LogP) is 2.24. The fraction of sp³-hybridized carbons (Fsp3) is 0.312. The minimum atomic E-state index is -0.182. The Labute approximate surface area is 134 Å². The van der Waals surface area contributed by atoms with Crippen LogP contribution >= 0.6 is 0 Å². The number of anilines is 1. The summed E-state index contributed by atoms with van der Waals surface area (Å²) in [5, 5.41) is 4.07. The molecule has 0 aliphatic carbocycles. The zero-order valence-corrected chi connectivity index (χ0v) is 13.6. The fourth-order valence-corrected chi connectivity index (χ4v) is 1.91. The highest BCUT2D eigenvalue weighted by Gasteiger charge is 2.04. The number of hydrogen-bond donors (Lipinski definition) is 2. The summed E-state index contributed by atoms with van der Waals surface area (Å²) in [6.45, 7) is 5.98. The maximum Gasteiger partial charge on any atom is 0.255 e. The van der Waals surface area contributed by atoms with Crippen LogP contribution in [0.5, 0.6) is 11.5 Å². The number of hydrogen-bond acceptors (Lipinski definition) is 6. The van der Waals surface area contributed by atoms with Gasteiger partial charge in [0.05, 0.1) is 19.9 Å². The molecule has 1 aromatic heterocycles. The number of nitrogens with zero attached hydrogens (tertiary/aromatic N) is 2. The Morgan fingerprint density at radius 1 is 1.35 bits per heavy atom. The summed E-state index contributed by atoms with van der Waals surface area (Å²) < 4.78 is 10.7. The number of aromatic amines is 1. The third-order valence-electron chi connectivity index (χ3n) is 3.27. The topological polar surface area (TPSA) is 88.6 Å². The van der Waals surface area contributed by atoms with Gasteiger partial charge in [-0.15, -0.1) is 0 Å². The number of methoxy groups -OCH3 is 1. The molecule has 0 atom stereocenters. The molecule has 0 aliphatic heterocycles. The minimum absolute atomic E-state index is 0.182. The normalized spacial score (nSPS) is 10.8. The first kappa shape index (κ1) is 16.5. The molecular formula is C16H20N4O3. The van der Waals surface area contributed by atoms with Crippen molar-refractivity contribution in [1.29, 1.82) is 0 Å². The van der Waals surface area contributed by atoms with Crippen molar-refractivity contribution in [3.8, 4) is 11.5 Å². The highest BCUT2D eigenvalue weighted by atomic mass is 16.5. The Morgan fingerprint density at radius 2 is 2.13 bits per heavy atom. The van der Waals surface area contributed by atoms with Gasteiger partial charge in [0.15, 0.2) is 11.5 Å². The summed E-state index contributed by atoms with van der Waals surface area (Å²) in [5.74, 6) is 1.61. The molecule has 0 saturated heterocycles. The van der Waals surface area contributed by atoms with Crippen molar-refractivity contribution in [3.63, 3.8) is 0 Å². The lowest BCUT2D eigenvalue weighted by molar-refractivity contribution is 0.311. The van der Waals surface area contributed by atoms with Gasteiger partial charge in [0.2, 0.25) is 5.95 Å². The van der Waals surface area contributed by atoms with Gasteiger partial charge in [0.1, 0.15) is 0 Å². The largest absolute Gasteiger partial charge is 0.493 e. The molecule has 0 radical (unpaired) electrons. The lowest BCUT2D eigenvalue weighted by Crippen LogP contribution is -2.15. The third-order valence-corrected chi connectivity index (χ3v) is 3.27. The summed E-state index contributed by atoms with van der Waals surface area (Å²) in [6.07, 6.45) is 1.60. The zero-order chi connectivity index (χ0) is 16.8. The SMILES string of the molecule is CCOc1ccc(/C=N\Nc2nc(C)c(C)c(=O)[nH]2)cc1OC. The van der Waals surface area contributed by atoms with Crippen LogP contribution in [0.25, 0.3) is 0 Å². The van der Waals surface area contributed by atoms with Gasteiger partial charge in [0, 0.05) is 11.3 Å². The molecule has 0 fully saturated rings. The van der Waals surface area contributed by atoms with Crippen LogP contribution in [-0.4, -0.2) is 29.9 Å². The molecule has 122 valence electrons. The van der Waals surface area contributed by atoms with E-state index in [2.05, 4.69) is 20.5 Å². The van der Waals surface area contributed by atoms with E-state index in [4.69, 9.17) is 9.47 Å². The van der Waals surface area contributed by atoms with Gasteiger partial charge < -0.3 is 9.47 Å². The summed E-state index contributed by atoms with van der Waals surface area (Å²) in [6, 6.07) is 5.49. The Bertz CT molecular complexity index is 768. The average Bonchev–Trinajstić information content (AvgIpc) is 2.54. The maximum absolute atomic E-state index is 11.7. The van der Waals surface area contributed by atoms with Crippen LogP contribution in [0.1, 0.15) is 23.7 Å². The van der Waals surface area contributed by atoms with E-state index >= 15 is 0 Å². The molecule has 7 nitrogen and oxygen atoms in total.